The molecule has 1 aromatic rings. The molecule has 1 unspecified atom stereocenters. The molecule has 0 saturated carbocycles. The molecule has 0 aliphatic carbocycles. The molecule has 1 radical (unpaired) electrons. The molecule has 0 spiro atoms. The fraction of sp³-hybridized carbons (Fsp3) is 0.111. The molecule has 12 heavy (non-hydrogen) atoms. The quantitative estimate of drug-likeness (QED) is 0.689. The van der Waals surface area contributed by atoms with Crippen molar-refractivity contribution in [2.75, 3.05) is 0 Å². The third kappa shape index (κ3) is 1.73. The van der Waals surface area contributed by atoms with E-state index in [1.54, 1.807) is 30.6 Å². The van der Waals surface area contributed by atoms with Gasteiger partial charge in [-0.25, -0.2) is 0 Å². The van der Waals surface area contributed by atoms with Crippen molar-refractivity contribution in [3.05, 3.63) is 35.4 Å². The predicted molar refractivity (Wildman–Crippen MR) is 46.7 cm³/mol. The SMILES string of the molecule is N#CC([SeH])c1ccccc1[C]=O. The first kappa shape index (κ1) is 8.99. The Morgan fingerprint density at radius 1 is 1.42 bits per heavy atom. The van der Waals surface area contributed by atoms with Gasteiger partial charge in [0.25, 0.3) is 0 Å². The molecule has 0 bridgehead atoms. The second-order valence-corrected chi connectivity index (χ2v) is 3.30. The molecule has 0 N–H and O–H groups in total. The molecule has 0 heterocycles. The van der Waals surface area contributed by atoms with Crippen molar-refractivity contribution >= 4 is 22.3 Å². The minimum absolute atomic E-state index is 0.310. The Morgan fingerprint density at radius 3 is 2.67 bits per heavy atom. The summed E-state index contributed by atoms with van der Waals surface area (Å²) in [4.78, 5) is 10.1. The molecule has 0 amide bonds. The Hall–Kier alpha value is -1.10. The van der Waals surface area contributed by atoms with E-state index < -0.39 is 0 Å². The molecule has 1 aromatic carbocycles. The van der Waals surface area contributed by atoms with Crippen LogP contribution in [-0.2, 0) is 4.79 Å². The van der Waals surface area contributed by atoms with Gasteiger partial charge in [-0.15, -0.1) is 0 Å². The van der Waals surface area contributed by atoms with E-state index in [0.717, 1.165) is 5.56 Å². The van der Waals surface area contributed by atoms with Gasteiger partial charge in [0.05, 0.1) is 0 Å². The molecule has 0 aromatic heterocycles. The normalized spacial score (nSPS) is 11.7. The Morgan fingerprint density at radius 2 is 2.08 bits per heavy atom. The third-order valence-corrected chi connectivity index (χ3v) is 2.31. The summed E-state index contributed by atoms with van der Waals surface area (Å²) in [5.74, 6) is 0. The number of hydrogen-bond donors (Lipinski definition) is 0. The van der Waals surface area contributed by atoms with Gasteiger partial charge in [0.15, 0.2) is 0 Å². The first-order valence-corrected chi connectivity index (χ1v) is 4.42. The predicted octanol–water partition coefficient (Wildman–Crippen LogP) is 0.610. The average molecular weight is 223 g/mol. The summed E-state index contributed by atoms with van der Waals surface area (Å²) >= 11 is 2.22. The fourth-order valence-electron chi connectivity index (χ4n) is 0.898. The Bertz CT molecular complexity index is 330. The van der Waals surface area contributed by atoms with E-state index in [1.807, 2.05) is 6.07 Å². The van der Waals surface area contributed by atoms with Crippen molar-refractivity contribution in [3.63, 3.8) is 0 Å². The van der Waals surface area contributed by atoms with Crippen LogP contribution in [0.1, 0.15) is 15.9 Å². The van der Waals surface area contributed by atoms with E-state index in [1.165, 1.54) is 0 Å². The number of benzene rings is 1. The van der Waals surface area contributed by atoms with E-state index in [0.29, 0.717) is 5.56 Å². The van der Waals surface area contributed by atoms with Crippen LogP contribution in [0.2, 0.25) is 0 Å². The van der Waals surface area contributed by atoms with Gasteiger partial charge in [-0.3, -0.25) is 0 Å². The van der Waals surface area contributed by atoms with Gasteiger partial charge in [0, 0.05) is 0 Å². The first-order chi connectivity index (χ1) is 5.79. The van der Waals surface area contributed by atoms with Crippen molar-refractivity contribution in [1.29, 1.82) is 5.26 Å². The van der Waals surface area contributed by atoms with Crippen LogP contribution >= 0.6 is 0 Å². The van der Waals surface area contributed by atoms with Crippen LogP contribution in [0.5, 0.6) is 0 Å². The van der Waals surface area contributed by atoms with Crippen LogP contribution in [0.15, 0.2) is 24.3 Å². The minimum atomic E-state index is -0.310. The number of hydrogen-bond acceptors (Lipinski definition) is 2. The van der Waals surface area contributed by atoms with Crippen LogP contribution in [0, 0.1) is 11.3 Å². The third-order valence-electron chi connectivity index (χ3n) is 1.49. The van der Waals surface area contributed by atoms with Gasteiger partial charge in [-0.2, -0.15) is 0 Å². The van der Waals surface area contributed by atoms with Crippen LogP contribution < -0.4 is 0 Å². The summed E-state index contributed by atoms with van der Waals surface area (Å²) in [7, 11) is 0. The summed E-state index contributed by atoms with van der Waals surface area (Å²) in [6.45, 7) is 0. The molecule has 1 rings (SSSR count). The summed E-state index contributed by atoms with van der Waals surface area (Å²) in [5.41, 5.74) is 1.18. The molecule has 0 fully saturated rings. The van der Waals surface area contributed by atoms with Gasteiger partial charge >= 0.3 is 78.6 Å². The van der Waals surface area contributed by atoms with Crippen LogP contribution in [0.4, 0.5) is 0 Å². The monoisotopic (exact) mass is 224 g/mol. The molecule has 0 aliphatic rings. The molecule has 3 heteroatoms. The van der Waals surface area contributed by atoms with Gasteiger partial charge < -0.3 is 0 Å². The number of nitriles is 1. The Labute approximate surface area is 79.0 Å². The topological polar surface area (TPSA) is 40.9 Å². The maximum atomic E-state index is 10.4. The van der Waals surface area contributed by atoms with Gasteiger partial charge in [-0.1, -0.05) is 0 Å². The second-order valence-electron chi connectivity index (χ2n) is 2.22. The van der Waals surface area contributed by atoms with Crippen LogP contribution in [-0.4, -0.2) is 22.3 Å². The summed E-state index contributed by atoms with van der Waals surface area (Å²) < 4.78 is 0. The first-order valence-electron chi connectivity index (χ1n) is 3.34. The molecule has 0 saturated heterocycles. The van der Waals surface area contributed by atoms with Gasteiger partial charge in [-0.05, 0) is 0 Å². The zero-order valence-corrected chi connectivity index (χ0v) is 8.07. The fourth-order valence-corrected chi connectivity index (χ4v) is 1.37. The van der Waals surface area contributed by atoms with Crippen molar-refractivity contribution in [1.82, 2.24) is 0 Å². The van der Waals surface area contributed by atoms with Crippen molar-refractivity contribution in [2.45, 2.75) is 4.82 Å². The standard InChI is InChI=1S/C9H6NOSe/c10-5-9(12)8-4-2-1-3-7(8)6-11/h1-4,9,12H. The number of nitrogens with zero attached hydrogens (tertiary/aromatic N) is 1. The van der Waals surface area contributed by atoms with Crippen LogP contribution in [0.25, 0.3) is 0 Å². The van der Waals surface area contributed by atoms with Crippen molar-refractivity contribution < 1.29 is 4.79 Å². The van der Waals surface area contributed by atoms with Gasteiger partial charge in [0.1, 0.15) is 0 Å². The molecule has 2 nitrogen and oxygen atoms in total. The van der Waals surface area contributed by atoms with Gasteiger partial charge in [0.2, 0.25) is 0 Å². The number of rotatable bonds is 2. The molecule has 0 aliphatic heterocycles. The summed E-state index contributed by atoms with van der Waals surface area (Å²) in [6, 6.07) is 9.01. The molecule has 1 atom stereocenters. The Kier molecular flexibility index (Phi) is 3.04. The van der Waals surface area contributed by atoms with Crippen molar-refractivity contribution in [3.8, 4) is 6.07 Å². The van der Waals surface area contributed by atoms with E-state index >= 15 is 0 Å². The molecular weight excluding hydrogens is 217 g/mol. The second kappa shape index (κ2) is 4.06. The average Bonchev–Trinajstić information content (AvgIpc) is 2.16. The zero-order valence-electron chi connectivity index (χ0n) is 6.19. The van der Waals surface area contributed by atoms with E-state index in [2.05, 4.69) is 16.0 Å². The summed E-state index contributed by atoms with van der Waals surface area (Å²) in [6.07, 6.45) is 1.80. The van der Waals surface area contributed by atoms with E-state index in [9.17, 15) is 4.79 Å². The van der Waals surface area contributed by atoms with E-state index in [4.69, 9.17) is 5.26 Å². The maximum absolute atomic E-state index is 10.4. The van der Waals surface area contributed by atoms with Crippen molar-refractivity contribution in [2.24, 2.45) is 0 Å². The molecular formula is C9H6NOSe. The summed E-state index contributed by atoms with van der Waals surface area (Å²) in [5, 5.41) is 8.61. The Balaban J connectivity index is 3.15. The zero-order chi connectivity index (χ0) is 8.97. The number of carbonyl (C=O) groups excluding carboxylic acids is 1. The van der Waals surface area contributed by atoms with E-state index in [-0.39, 0.29) is 4.82 Å². The van der Waals surface area contributed by atoms with Crippen LogP contribution in [0.3, 0.4) is 0 Å². The molecule has 59 valence electrons.